The molecule has 1 amide bonds. The second-order valence-electron chi connectivity index (χ2n) is 6.69. The largest absolute Gasteiger partial charge is 0.463 e. The summed E-state index contributed by atoms with van der Waals surface area (Å²) in [7, 11) is 0. The predicted octanol–water partition coefficient (Wildman–Crippen LogP) is 3.21. The molecule has 0 bridgehead atoms. The Morgan fingerprint density at radius 1 is 1.33 bits per heavy atom. The number of hydrogen-bond acceptors (Lipinski definition) is 3. The molecule has 0 N–H and O–H groups in total. The third-order valence-corrected chi connectivity index (χ3v) is 4.48. The van der Waals surface area contributed by atoms with Gasteiger partial charge in [0.05, 0.1) is 5.69 Å². The Morgan fingerprint density at radius 3 is 2.79 bits per heavy atom. The second-order valence-corrected chi connectivity index (χ2v) is 6.69. The molecule has 5 nitrogen and oxygen atoms in total. The molecule has 0 saturated carbocycles. The van der Waals surface area contributed by atoms with Crippen LogP contribution in [0.2, 0.25) is 0 Å². The Morgan fingerprint density at radius 2 is 2.08 bits per heavy atom. The van der Waals surface area contributed by atoms with Crippen molar-refractivity contribution in [2.24, 2.45) is 5.92 Å². The highest BCUT2D eigenvalue weighted by Crippen LogP contribution is 2.21. The van der Waals surface area contributed by atoms with Crippen molar-refractivity contribution in [2.45, 2.75) is 39.7 Å². The van der Waals surface area contributed by atoms with Crippen LogP contribution in [0.5, 0.6) is 5.88 Å². The zero-order valence-corrected chi connectivity index (χ0v) is 14.6. The van der Waals surface area contributed by atoms with E-state index in [4.69, 9.17) is 4.74 Å². The number of amides is 1. The van der Waals surface area contributed by atoms with E-state index >= 15 is 0 Å². The maximum absolute atomic E-state index is 12.6. The highest BCUT2D eigenvalue weighted by Gasteiger charge is 2.27. The number of hydrogen-bond donors (Lipinski definition) is 0. The number of carbonyl (C=O) groups is 1. The molecule has 1 aromatic carbocycles. The monoisotopic (exact) mass is 327 g/mol. The zero-order chi connectivity index (χ0) is 17.1. The van der Waals surface area contributed by atoms with E-state index in [9.17, 15) is 4.79 Å². The van der Waals surface area contributed by atoms with E-state index in [2.05, 4.69) is 12.0 Å². The SMILES string of the molecule is Cc1cn(-c2ccccc2)nc1O[C@@H](C)C(=O)N1CCC[C@H](C)C1. The van der Waals surface area contributed by atoms with Crippen LogP contribution in [0.1, 0.15) is 32.3 Å². The van der Waals surface area contributed by atoms with E-state index in [1.165, 1.54) is 6.42 Å². The molecule has 0 radical (unpaired) electrons. The molecule has 1 fully saturated rings. The summed E-state index contributed by atoms with van der Waals surface area (Å²) in [5, 5.41) is 4.49. The van der Waals surface area contributed by atoms with Gasteiger partial charge in [0.2, 0.25) is 5.88 Å². The van der Waals surface area contributed by atoms with Crippen LogP contribution in [0.4, 0.5) is 0 Å². The van der Waals surface area contributed by atoms with Crippen molar-refractivity contribution in [3.8, 4) is 11.6 Å². The summed E-state index contributed by atoms with van der Waals surface area (Å²) in [6, 6.07) is 9.88. The highest BCUT2D eigenvalue weighted by molar-refractivity contribution is 5.81. The van der Waals surface area contributed by atoms with Gasteiger partial charge in [-0.25, -0.2) is 4.68 Å². The molecule has 1 aliphatic heterocycles. The molecule has 2 aromatic rings. The molecule has 3 rings (SSSR count). The van der Waals surface area contributed by atoms with E-state index in [-0.39, 0.29) is 5.91 Å². The summed E-state index contributed by atoms with van der Waals surface area (Å²) >= 11 is 0. The van der Waals surface area contributed by atoms with Crippen LogP contribution in [-0.4, -0.2) is 39.8 Å². The molecule has 2 heterocycles. The van der Waals surface area contributed by atoms with Crippen molar-refractivity contribution in [1.82, 2.24) is 14.7 Å². The molecule has 24 heavy (non-hydrogen) atoms. The van der Waals surface area contributed by atoms with E-state index in [0.29, 0.717) is 11.8 Å². The molecular weight excluding hydrogens is 302 g/mol. The van der Waals surface area contributed by atoms with Gasteiger partial charge in [0.15, 0.2) is 6.10 Å². The van der Waals surface area contributed by atoms with Crippen LogP contribution in [0.25, 0.3) is 5.69 Å². The lowest BCUT2D eigenvalue weighted by atomic mass is 10.00. The zero-order valence-electron chi connectivity index (χ0n) is 14.6. The van der Waals surface area contributed by atoms with Gasteiger partial charge >= 0.3 is 0 Å². The quantitative estimate of drug-likeness (QED) is 0.866. The fourth-order valence-corrected chi connectivity index (χ4v) is 3.14. The van der Waals surface area contributed by atoms with Crippen LogP contribution in [0.15, 0.2) is 36.5 Å². The first kappa shape index (κ1) is 16.6. The molecule has 1 saturated heterocycles. The minimum Gasteiger partial charge on any atom is -0.463 e. The van der Waals surface area contributed by atoms with Gasteiger partial charge in [-0.15, -0.1) is 5.10 Å². The fourth-order valence-electron chi connectivity index (χ4n) is 3.14. The number of piperidine rings is 1. The average molecular weight is 327 g/mol. The first-order chi connectivity index (χ1) is 11.5. The van der Waals surface area contributed by atoms with Crippen molar-refractivity contribution in [1.29, 1.82) is 0 Å². The maximum Gasteiger partial charge on any atom is 0.263 e. The number of likely N-dealkylation sites (tertiary alicyclic amines) is 1. The lowest BCUT2D eigenvalue weighted by Gasteiger charge is -2.32. The number of aromatic nitrogens is 2. The van der Waals surface area contributed by atoms with E-state index in [0.717, 1.165) is 30.8 Å². The summed E-state index contributed by atoms with van der Waals surface area (Å²) < 4.78 is 7.66. The van der Waals surface area contributed by atoms with Gasteiger partial charge in [-0.05, 0) is 44.7 Å². The molecule has 5 heteroatoms. The van der Waals surface area contributed by atoms with E-state index < -0.39 is 6.10 Å². The normalized spacial score (nSPS) is 19.1. The van der Waals surface area contributed by atoms with Gasteiger partial charge in [-0.3, -0.25) is 4.79 Å². The van der Waals surface area contributed by atoms with Crippen LogP contribution in [-0.2, 0) is 4.79 Å². The third kappa shape index (κ3) is 3.61. The maximum atomic E-state index is 12.6. The van der Waals surface area contributed by atoms with Gasteiger partial charge in [0.1, 0.15) is 0 Å². The summed E-state index contributed by atoms with van der Waals surface area (Å²) in [4.78, 5) is 14.5. The molecule has 2 atom stereocenters. The Bertz CT molecular complexity index is 696. The minimum atomic E-state index is -0.520. The molecular formula is C19H25N3O2. The molecule has 0 spiro atoms. The molecule has 1 aromatic heterocycles. The number of ether oxygens (including phenoxy) is 1. The summed E-state index contributed by atoms with van der Waals surface area (Å²) in [6.45, 7) is 7.60. The van der Waals surface area contributed by atoms with Crippen LogP contribution in [0.3, 0.4) is 0 Å². The standard InChI is InChI=1S/C19H25N3O2/c1-14-8-7-11-21(12-14)19(23)16(3)24-18-15(2)13-22(20-18)17-9-5-4-6-10-17/h4-6,9-10,13-14,16H,7-8,11-12H2,1-3H3/t14-,16-/m0/s1. The smallest absolute Gasteiger partial charge is 0.263 e. The van der Waals surface area contributed by atoms with Crippen molar-refractivity contribution < 1.29 is 9.53 Å². The number of para-hydroxylation sites is 1. The Balaban J connectivity index is 1.69. The average Bonchev–Trinajstić information content (AvgIpc) is 2.95. The van der Waals surface area contributed by atoms with Crippen LogP contribution >= 0.6 is 0 Å². The lowest BCUT2D eigenvalue weighted by molar-refractivity contribution is -0.139. The number of benzene rings is 1. The second kappa shape index (κ2) is 7.07. The molecule has 1 aliphatic rings. The van der Waals surface area contributed by atoms with Crippen molar-refractivity contribution in [3.05, 3.63) is 42.1 Å². The number of rotatable bonds is 4. The Kier molecular flexibility index (Phi) is 4.88. The number of nitrogens with zero attached hydrogens (tertiary/aromatic N) is 3. The van der Waals surface area contributed by atoms with Crippen molar-refractivity contribution >= 4 is 5.91 Å². The van der Waals surface area contributed by atoms with Crippen LogP contribution < -0.4 is 4.74 Å². The van der Waals surface area contributed by atoms with Gasteiger partial charge in [0, 0.05) is 24.8 Å². The summed E-state index contributed by atoms with van der Waals surface area (Å²) in [5.74, 6) is 1.13. The molecule has 128 valence electrons. The number of aryl methyl sites for hydroxylation is 1. The van der Waals surface area contributed by atoms with Gasteiger partial charge in [-0.2, -0.15) is 0 Å². The van der Waals surface area contributed by atoms with Gasteiger partial charge in [0.25, 0.3) is 5.91 Å². The van der Waals surface area contributed by atoms with Crippen molar-refractivity contribution in [3.63, 3.8) is 0 Å². The summed E-state index contributed by atoms with van der Waals surface area (Å²) in [6.07, 6.45) is 3.67. The first-order valence-corrected chi connectivity index (χ1v) is 8.61. The minimum absolute atomic E-state index is 0.0511. The van der Waals surface area contributed by atoms with Crippen LogP contribution in [0, 0.1) is 12.8 Å². The van der Waals surface area contributed by atoms with Gasteiger partial charge in [-0.1, -0.05) is 25.1 Å². The summed E-state index contributed by atoms with van der Waals surface area (Å²) in [5.41, 5.74) is 1.89. The van der Waals surface area contributed by atoms with E-state index in [1.54, 1.807) is 4.68 Å². The Hall–Kier alpha value is -2.30. The number of carbonyl (C=O) groups excluding carboxylic acids is 1. The van der Waals surface area contributed by atoms with E-state index in [1.807, 2.05) is 55.3 Å². The third-order valence-electron chi connectivity index (χ3n) is 4.48. The van der Waals surface area contributed by atoms with Crippen molar-refractivity contribution in [2.75, 3.05) is 13.1 Å². The highest BCUT2D eigenvalue weighted by atomic mass is 16.5. The predicted molar refractivity (Wildman–Crippen MR) is 93.4 cm³/mol. The molecule has 0 aliphatic carbocycles. The Labute approximate surface area is 143 Å². The lowest BCUT2D eigenvalue weighted by Crippen LogP contribution is -2.45. The fraction of sp³-hybridized carbons (Fsp3) is 0.474. The topological polar surface area (TPSA) is 47.4 Å². The van der Waals surface area contributed by atoms with Gasteiger partial charge < -0.3 is 9.64 Å². The molecule has 0 unspecified atom stereocenters. The first-order valence-electron chi connectivity index (χ1n) is 8.61.